The van der Waals surface area contributed by atoms with Gasteiger partial charge in [-0.2, -0.15) is 0 Å². The van der Waals surface area contributed by atoms with Crippen LogP contribution in [-0.4, -0.2) is 218 Å². The van der Waals surface area contributed by atoms with Crippen molar-refractivity contribution in [1.82, 2.24) is 58.5 Å². The lowest BCUT2D eigenvalue weighted by atomic mass is 9.96. The third-order valence-corrected chi connectivity index (χ3v) is 14.2. The number of aliphatic imine (C=N–C) groups is 1. The molecule has 1 fully saturated rings. The van der Waals surface area contributed by atoms with Gasteiger partial charge in [0, 0.05) is 25.8 Å². The molecule has 0 aliphatic carbocycles. The first kappa shape index (κ1) is 80.2. The van der Waals surface area contributed by atoms with Crippen molar-refractivity contribution in [3.63, 3.8) is 0 Å². The summed E-state index contributed by atoms with van der Waals surface area (Å²) >= 11 is 0. The maximum atomic E-state index is 14.4. The summed E-state index contributed by atoms with van der Waals surface area (Å²) in [6.07, 6.45) is -5.73. The molecule has 0 spiro atoms. The van der Waals surface area contributed by atoms with Crippen LogP contribution in [0.4, 0.5) is 0 Å². The van der Waals surface area contributed by atoms with Gasteiger partial charge in [0.2, 0.25) is 65.0 Å². The molecule has 1 heterocycles. The number of nitrogens with zero attached hydrogens (tertiary/aromatic N) is 1. The molecule has 1 aliphatic rings. The topological polar surface area (TPSA) is 600 Å². The van der Waals surface area contributed by atoms with Gasteiger partial charge < -0.3 is 106 Å². The molecule has 514 valence electrons. The van der Waals surface area contributed by atoms with Crippen LogP contribution >= 0.6 is 0 Å². The zero-order valence-electron chi connectivity index (χ0n) is 52.2. The lowest BCUT2D eigenvalue weighted by molar-refractivity contribution is -0.145. The highest BCUT2D eigenvalue weighted by molar-refractivity contribution is 6.00. The first-order valence-electron chi connectivity index (χ1n) is 29.8. The fourth-order valence-corrected chi connectivity index (χ4v) is 9.07. The Balaban J connectivity index is 3.62. The Morgan fingerprint density at radius 3 is 1.23 bits per heavy atom. The maximum absolute atomic E-state index is 14.4. The normalized spacial score (nSPS) is 16.7. The summed E-state index contributed by atoms with van der Waals surface area (Å²) in [7, 11) is 0. The summed E-state index contributed by atoms with van der Waals surface area (Å²) < 4.78 is 0. The van der Waals surface area contributed by atoms with Gasteiger partial charge in [0.15, 0.2) is 12.0 Å². The molecule has 91 heavy (non-hydrogen) atoms. The van der Waals surface area contributed by atoms with Crippen molar-refractivity contribution in [2.75, 3.05) is 19.7 Å². The van der Waals surface area contributed by atoms with Crippen molar-refractivity contribution in [2.24, 2.45) is 39.9 Å². The molecule has 0 saturated carbocycles. The average molecular weight is 1300 g/mol. The molecule has 11 amide bonds. The van der Waals surface area contributed by atoms with E-state index in [1.54, 1.807) is 41.5 Å². The fourth-order valence-electron chi connectivity index (χ4n) is 9.07. The minimum absolute atomic E-state index is 0.0335. The average Bonchev–Trinajstić information content (AvgIpc) is 2.66. The monoisotopic (exact) mass is 1300 g/mol. The molecular weight excluding hydrogens is 1210 g/mol. The van der Waals surface area contributed by atoms with Crippen LogP contribution in [-0.2, 0) is 71.9 Å². The molecule has 13 atom stereocenters. The predicted molar refractivity (Wildman–Crippen MR) is 319 cm³/mol. The van der Waals surface area contributed by atoms with Crippen molar-refractivity contribution in [3.05, 3.63) is 0 Å². The number of rotatable bonds is 44. The predicted octanol–water partition coefficient (Wildman–Crippen LogP) is -6.29. The third kappa shape index (κ3) is 31.0. The zero-order chi connectivity index (χ0) is 69.4. The second-order valence-corrected chi connectivity index (χ2v) is 22.9. The first-order valence-corrected chi connectivity index (χ1v) is 29.8. The Morgan fingerprint density at radius 1 is 0.495 bits per heavy atom. The van der Waals surface area contributed by atoms with Crippen LogP contribution in [0.5, 0.6) is 0 Å². The molecule has 1 aliphatic heterocycles. The number of aliphatic hydroxyl groups is 2. The molecule has 0 aromatic carbocycles. The van der Waals surface area contributed by atoms with Gasteiger partial charge in [-0.15, -0.1) is 0 Å². The highest BCUT2D eigenvalue weighted by Gasteiger charge is 2.38. The second kappa shape index (κ2) is 40.8. The van der Waals surface area contributed by atoms with E-state index in [0.717, 1.165) is 6.92 Å². The molecule has 1 rings (SSSR count). The smallest absolute Gasteiger partial charge is 0.328 e. The molecule has 0 unspecified atom stereocenters. The molecule has 36 nitrogen and oxygen atoms in total. The number of amides is 11. The van der Waals surface area contributed by atoms with E-state index in [9.17, 15) is 103 Å². The van der Waals surface area contributed by atoms with Crippen LogP contribution in [0.15, 0.2) is 4.99 Å². The minimum atomic E-state index is -2.05. The summed E-state index contributed by atoms with van der Waals surface area (Å²) in [6.45, 7) is 10.4. The van der Waals surface area contributed by atoms with Crippen LogP contribution in [0.2, 0.25) is 0 Å². The van der Waals surface area contributed by atoms with Crippen molar-refractivity contribution in [1.29, 1.82) is 0 Å². The summed E-state index contributed by atoms with van der Waals surface area (Å²) in [5.41, 5.74) is 16.5. The lowest BCUT2D eigenvalue weighted by Crippen LogP contribution is -2.61. The van der Waals surface area contributed by atoms with Gasteiger partial charge in [0.1, 0.15) is 54.4 Å². The fraction of sp³-hybridized carbons (Fsp3) is 0.709. The van der Waals surface area contributed by atoms with E-state index >= 15 is 0 Å². The molecule has 23 N–H and O–H groups in total. The van der Waals surface area contributed by atoms with E-state index < -0.39 is 225 Å². The number of carboxylic acid groups (broad SMARTS) is 4. The lowest BCUT2D eigenvalue weighted by Gasteiger charge is -2.30. The summed E-state index contributed by atoms with van der Waals surface area (Å²) in [5.74, 6) is -19.3. The van der Waals surface area contributed by atoms with Gasteiger partial charge in [-0.3, -0.25) is 72.1 Å². The standard InChI is InChI=1S/C55H93N15O21/c1-8-27(6)42(69-51(87)36(23-38(56)73)66-44(80)29-11-9-19-59-29)53(89)67-35(22-26(4)5)50(86)61-30(12-10-20-60-55(57)58)45(81)65-34(21-25(2)3)49(85)63-32(14-17-40(76)77)47(83)68-37(24-71)52(88)64-31(13-16-39(74)75)46(82)62-33(15-18-41(78)79)48(84)70-43(28(7)72)54(90)91/h25-37,42-43,59,71-72H,8-24H2,1-7H3,(H2,56,73)(H,61,86)(H,62,82)(H,63,85)(H,64,88)(H,65,81)(H,66,80)(H,67,89)(H,68,83)(H,69,87)(H,70,84)(H,74,75)(H,76,77)(H,78,79)(H,90,91)(H4,57,58,60)/t27-,28+,29-,30-,31-,32-,33-,34-,35-,36-,37-,42-,43-/m0/s1. The second-order valence-electron chi connectivity index (χ2n) is 22.9. The number of primary amides is 1. The molecule has 0 aromatic heterocycles. The highest BCUT2D eigenvalue weighted by Crippen LogP contribution is 2.15. The number of guanidine groups is 1. The van der Waals surface area contributed by atoms with Gasteiger partial charge in [0.25, 0.3) is 0 Å². The van der Waals surface area contributed by atoms with Crippen LogP contribution in [0.25, 0.3) is 0 Å². The highest BCUT2D eigenvalue weighted by atomic mass is 16.4. The van der Waals surface area contributed by atoms with Crippen molar-refractivity contribution in [3.8, 4) is 0 Å². The van der Waals surface area contributed by atoms with E-state index in [1.165, 1.54) is 0 Å². The summed E-state index contributed by atoms with van der Waals surface area (Å²) in [6, 6.07) is -17.6. The number of aliphatic carboxylic acids is 4. The number of hydrogen-bond acceptors (Lipinski definition) is 19. The van der Waals surface area contributed by atoms with E-state index in [4.69, 9.17) is 17.2 Å². The van der Waals surface area contributed by atoms with Crippen LogP contribution < -0.4 is 75.7 Å². The molecule has 0 aromatic rings. The zero-order valence-corrected chi connectivity index (χ0v) is 52.2. The Kier molecular flexibility index (Phi) is 35.9. The SMILES string of the molecule is CC[C@H](C)[C@H](NC(=O)[C@H](CC(N)=O)NC(=O)[C@@H]1CCCN1)C(=O)N[C@@H](CC(C)C)C(=O)N[C@@H](CCCN=C(N)N)C(=O)N[C@@H](CC(C)C)C(=O)N[C@@H](CCC(=O)O)C(=O)N[C@@H](CO)C(=O)N[C@@H](CCC(=O)O)C(=O)N[C@@H](CCC(=O)O)C(=O)N[C@H](C(=O)O)[C@@H](C)O. The van der Waals surface area contributed by atoms with E-state index in [1.807, 2.05) is 5.32 Å². The molecule has 36 heteroatoms. The van der Waals surface area contributed by atoms with E-state index in [0.29, 0.717) is 25.8 Å². The summed E-state index contributed by atoms with van der Waals surface area (Å²) in [4.78, 5) is 201. The minimum Gasteiger partial charge on any atom is -0.481 e. The van der Waals surface area contributed by atoms with Crippen LogP contribution in [0, 0.1) is 17.8 Å². The Labute approximate surface area is 525 Å². The number of nitrogens with one attached hydrogen (secondary N) is 11. The number of carbonyl (C=O) groups is 15. The van der Waals surface area contributed by atoms with Crippen LogP contribution in [0.3, 0.4) is 0 Å². The Hall–Kier alpha value is -8.80. The van der Waals surface area contributed by atoms with Crippen LogP contribution in [0.1, 0.15) is 138 Å². The number of carboxylic acids is 4. The Morgan fingerprint density at radius 2 is 0.868 bits per heavy atom. The van der Waals surface area contributed by atoms with Gasteiger partial charge in [0.05, 0.1) is 25.2 Å². The molecule has 0 radical (unpaired) electrons. The summed E-state index contributed by atoms with van der Waals surface area (Å²) in [5, 5.41) is 84.5. The van der Waals surface area contributed by atoms with E-state index in [2.05, 4.69) is 58.2 Å². The van der Waals surface area contributed by atoms with Gasteiger partial charge >= 0.3 is 23.9 Å². The number of aliphatic hydroxyl groups excluding tert-OH is 2. The quantitative estimate of drug-likeness (QED) is 0.0153. The van der Waals surface area contributed by atoms with E-state index in [-0.39, 0.29) is 44.1 Å². The first-order chi connectivity index (χ1) is 42.5. The largest absolute Gasteiger partial charge is 0.481 e. The Bertz CT molecular complexity index is 2580. The maximum Gasteiger partial charge on any atom is 0.328 e. The molecule has 1 saturated heterocycles. The van der Waals surface area contributed by atoms with Gasteiger partial charge in [-0.25, -0.2) is 4.79 Å². The van der Waals surface area contributed by atoms with Crippen molar-refractivity contribution in [2.45, 2.75) is 211 Å². The number of nitrogens with two attached hydrogens (primary N) is 3. The van der Waals surface area contributed by atoms with Gasteiger partial charge in [-0.05, 0) is 89.0 Å². The third-order valence-electron chi connectivity index (χ3n) is 14.2. The number of carbonyl (C=O) groups excluding carboxylic acids is 11. The van der Waals surface area contributed by atoms with Crippen molar-refractivity contribution < 1.29 is 103 Å². The van der Waals surface area contributed by atoms with Gasteiger partial charge in [-0.1, -0.05) is 48.0 Å². The number of hydrogen-bond donors (Lipinski definition) is 20. The van der Waals surface area contributed by atoms with Crippen molar-refractivity contribution >= 4 is 94.8 Å². The molecular formula is C55H93N15O21. The molecule has 0 bridgehead atoms.